The molecule has 27 heavy (non-hydrogen) atoms. The molecule has 1 aliphatic heterocycles. The Labute approximate surface area is 159 Å². The van der Waals surface area contributed by atoms with Crippen molar-refractivity contribution in [1.82, 2.24) is 19.7 Å². The van der Waals surface area contributed by atoms with Crippen LogP contribution < -0.4 is 15.4 Å². The molecular weight excluding hydrogens is 338 g/mol. The van der Waals surface area contributed by atoms with Crippen molar-refractivity contribution >= 4 is 11.5 Å². The smallest absolute Gasteiger partial charge is 0.140 e. The maximum Gasteiger partial charge on any atom is 0.140 e. The van der Waals surface area contributed by atoms with Gasteiger partial charge in [-0.1, -0.05) is 6.07 Å². The van der Waals surface area contributed by atoms with Gasteiger partial charge in [-0.05, 0) is 44.7 Å². The van der Waals surface area contributed by atoms with Crippen molar-refractivity contribution in [3.05, 3.63) is 42.2 Å². The quantitative estimate of drug-likeness (QED) is 0.727. The fourth-order valence-corrected chi connectivity index (χ4v) is 3.77. The second-order valence-electron chi connectivity index (χ2n) is 8.15. The number of pyridine rings is 2. The minimum Gasteiger partial charge on any atom is -0.496 e. The number of aromatic nitrogens is 3. The van der Waals surface area contributed by atoms with Gasteiger partial charge in [0, 0.05) is 29.9 Å². The molecule has 140 valence electrons. The van der Waals surface area contributed by atoms with E-state index in [-0.39, 0.29) is 5.54 Å². The van der Waals surface area contributed by atoms with Gasteiger partial charge in [-0.3, -0.25) is 4.40 Å². The first-order valence-corrected chi connectivity index (χ1v) is 9.59. The van der Waals surface area contributed by atoms with Gasteiger partial charge in [0.2, 0.25) is 0 Å². The van der Waals surface area contributed by atoms with E-state index in [4.69, 9.17) is 9.72 Å². The predicted octanol–water partition coefficient (Wildman–Crippen LogP) is 3.44. The first-order valence-electron chi connectivity index (χ1n) is 9.59. The van der Waals surface area contributed by atoms with E-state index in [2.05, 4.69) is 46.1 Å². The summed E-state index contributed by atoms with van der Waals surface area (Å²) >= 11 is 0. The molecule has 2 aliphatic rings. The number of methoxy groups -OCH3 is 1. The molecule has 1 aliphatic carbocycles. The minimum absolute atomic E-state index is 0.0940. The number of hydrogen-bond acceptors (Lipinski definition) is 5. The molecular formula is C21H25N5O. The van der Waals surface area contributed by atoms with Crippen LogP contribution in [0.15, 0.2) is 36.7 Å². The van der Waals surface area contributed by atoms with Crippen molar-refractivity contribution in [3.63, 3.8) is 0 Å². The number of ether oxygens (including phenoxy) is 1. The second kappa shape index (κ2) is 5.96. The van der Waals surface area contributed by atoms with Gasteiger partial charge in [0.15, 0.2) is 0 Å². The summed E-state index contributed by atoms with van der Waals surface area (Å²) in [5, 5.41) is 6.99. The molecule has 0 spiro atoms. The molecule has 1 atom stereocenters. The molecule has 1 saturated heterocycles. The van der Waals surface area contributed by atoms with Crippen LogP contribution in [0.3, 0.4) is 0 Å². The summed E-state index contributed by atoms with van der Waals surface area (Å²) in [5.41, 5.74) is 4.17. The zero-order valence-corrected chi connectivity index (χ0v) is 16.0. The zero-order chi connectivity index (χ0) is 18.6. The van der Waals surface area contributed by atoms with Gasteiger partial charge < -0.3 is 15.4 Å². The van der Waals surface area contributed by atoms with Crippen molar-refractivity contribution in [3.8, 4) is 17.1 Å². The third-order valence-electron chi connectivity index (χ3n) is 5.84. The second-order valence-corrected chi connectivity index (χ2v) is 8.15. The van der Waals surface area contributed by atoms with E-state index in [1.165, 1.54) is 18.4 Å². The highest BCUT2D eigenvalue weighted by Gasteiger charge is 2.38. The highest BCUT2D eigenvalue weighted by atomic mass is 16.5. The first kappa shape index (κ1) is 16.6. The molecule has 0 aromatic carbocycles. The Balaban J connectivity index is 1.52. The summed E-state index contributed by atoms with van der Waals surface area (Å²) in [4.78, 5) is 9.43. The van der Waals surface area contributed by atoms with E-state index in [9.17, 15) is 0 Å². The van der Waals surface area contributed by atoms with Crippen LogP contribution in [0.1, 0.15) is 38.2 Å². The lowest BCUT2D eigenvalue weighted by molar-refractivity contribution is 0.227. The first-order chi connectivity index (χ1) is 13.0. The lowest BCUT2D eigenvalue weighted by atomic mass is 9.86. The molecule has 3 aromatic rings. The SMILES string of the molecule is COc1cc2ncc(-c3cccc(NC4CNC4(C)C)n3)n2cc1C1CC1. The predicted molar refractivity (Wildman–Crippen MR) is 106 cm³/mol. The van der Waals surface area contributed by atoms with Crippen LogP contribution in [0.25, 0.3) is 17.0 Å². The molecule has 5 rings (SSSR count). The molecule has 1 saturated carbocycles. The standard InChI is InChI=1S/C21H25N5O/c1-21(2)18(11-23-21)25-19-6-4-5-15(24-19)16-10-22-20-9-17(27-3)14(12-26(16)20)13-7-8-13/h4-6,9-10,12-13,18,23H,7-8,11H2,1-3H3,(H,24,25). The van der Waals surface area contributed by atoms with Crippen LogP contribution in [0.5, 0.6) is 5.75 Å². The van der Waals surface area contributed by atoms with Crippen LogP contribution in [0.2, 0.25) is 0 Å². The normalized spacial score (nSPS) is 21.1. The summed E-state index contributed by atoms with van der Waals surface area (Å²) < 4.78 is 7.72. The Morgan fingerprint density at radius 1 is 1.30 bits per heavy atom. The highest BCUT2D eigenvalue weighted by molar-refractivity contribution is 5.64. The summed E-state index contributed by atoms with van der Waals surface area (Å²) in [5.74, 6) is 2.44. The number of imidazole rings is 1. The third kappa shape index (κ3) is 2.84. The number of fused-ring (bicyclic) bond motifs is 1. The van der Waals surface area contributed by atoms with Gasteiger partial charge in [-0.15, -0.1) is 0 Å². The van der Waals surface area contributed by atoms with Crippen LogP contribution in [0, 0.1) is 0 Å². The van der Waals surface area contributed by atoms with E-state index in [1.807, 2.05) is 24.4 Å². The fourth-order valence-electron chi connectivity index (χ4n) is 3.77. The molecule has 3 aromatic heterocycles. The Bertz CT molecular complexity index is 1000. The van der Waals surface area contributed by atoms with Crippen molar-refractivity contribution in [2.45, 2.75) is 44.2 Å². The largest absolute Gasteiger partial charge is 0.496 e. The molecule has 0 amide bonds. The van der Waals surface area contributed by atoms with Crippen LogP contribution >= 0.6 is 0 Å². The Morgan fingerprint density at radius 2 is 2.15 bits per heavy atom. The molecule has 0 radical (unpaired) electrons. The third-order valence-corrected chi connectivity index (χ3v) is 5.84. The molecule has 0 bridgehead atoms. The number of anilines is 1. The van der Waals surface area contributed by atoms with Crippen molar-refractivity contribution in [2.24, 2.45) is 0 Å². The number of nitrogens with zero attached hydrogens (tertiary/aromatic N) is 3. The summed E-state index contributed by atoms with van der Waals surface area (Å²) in [7, 11) is 1.73. The molecule has 2 fully saturated rings. The summed E-state index contributed by atoms with van der Waals surface area (Å²) in [6.07, 6.45) is 6.53. The number of nitrogens with one attached hydrogen (secondary N) is 2. The van der Waals surface area contributed by atoms with E-state index < -0.39 is 0 Å². The lowest BCUT2D eigenvalue weighted by Gasteiger charge is -2.46. The average molecular weight is 363 g/mol. The van der Waals surface area contributed by atoms with Gasteiger partial charge >= 0.3 is 0 Å². The molecule has 6 heteroatoms. The molecule has 6 nitrogen and oxygen atoms in total. The summed E-state index contributed by atoms with van der Waals surface area (Å²) in [6, 6.07) is 8.53. The number of rotatable bonds is 5. The van der Waals surface area contributed by atoms with E-state index in [0.29, 0.717) is 12.0 Å². The molecule has 2 N–H and O–H groups in total. The average Bonchev–Trinajstić information content (AvgIpc) is 3.44. The Morgan fingerprint density at radius 3 is 2.81 bits per heavy atom. The maximum atomic E-state index is 5.59. The molecule has 1 unspecified atom stereocenters. The fraction of sp³-hybridized carbons (Fsp3) is 0.429. The van der Waals surface area contributed by atoms with Crippen molar-refractivity contribution in [2.75, 3.05) is 19.0 Å². The monoisotopic (exact) mass is 363 g/mol. The summed E-state index contributed by atoms with van der Waals surface area (Å²) in [6.45, 7) is 5.36. The lowest BCUT2D eigenvalue weighted by Crippen LogP contribution is -2.68. The Hall–Kier alpha value is -2.60. The van der Waals surface area contributed by atoms with Crippen LogP contribution in [-0.2, 0) is 0 Å². The molecule has 4 heterocycles. The number of hydrogen-bond donors (Lipinski definition) is 2. The van der Waals surface area contributed by atoms with E-state index >= 15 is 0 Å². The van der Waals surface area contributed by atoms with Gasteiger partial charge in [-0.25, -0.2) is 9.97 Å². The van der Waals surface area contributed by atoms with Crippen LogP contribution in [0.4, 0.5) is 5.82 Å². The van der Waals surface area contributed by atoms with E-state index in [0.717, 1.165) is 35.1 Å². The van der Waals surface area contributed by atoms with E-state index in [1.54, 1.807) is 7.11 Å². The maximum absolute atomic E-state index is 5.59. The highest BCUT2D eigenvalue weighted by Crippen LogP contribution is 2.44. The topological polar surface area (TPSA) is 63.5 Å². The van der Waals surface area contributed by atoms with Crippen molar-refractivity contribution in [1.29, 1.82) is 0 Å². The van der Waals surface area contributed by atoms with Crippen LogP contribution in [-0.4, -0.2) is 39.6 Å². The van der Waals surface area contributed by atoms with Gasteiger partial charge in [0.05, 0.1) is 30.7 Å². The minimum atomic E-state index is 0.0940. The Kier molecular flexibility index (Phi) is 3.65. The van der Waals surface area contributed by atoms with Gasteiger partial charge in [0.25, 0.3) is 0 Å². The van der Waals surface area contributed by atoms with Gasteiger partial charge in [-0.2, -0.15) is 0 Å². The zero-order valence-electron chi connectivity index (χ0n) is 16.0. The van der Waals surface area contributed by atoms with Gasteiger partial charge in [0.1, 0.15) is 17.2 Å². The van der Waals surface area contributed by atoms with Crippen molar-refractivity contribution < 1.29 is 4.74 Å².